The van der Waals surface area contributed by atoms with Gasteiger partial charge in [0.25, 0.3) is 0 Å². The van der Waals surface area contributed by atoms with Gasteiger partial charge in [0.1, 0.15) is 0 Å². The summed E-state index contributed by atoms with van der Waals surface area (Å²) in [4.78, 5) is 6.88. The zero-order valence-electron chi connectivity index (χ0n) is 24.6. The van der Waals surface area contributed by atoms with E-state index in [0.717, 1.165) is 0 Å². The summed E-state index contributed by atoms with van der Waals surface area (Å²) in [6.45, 7) is 6.41. The van der Waals surface area contributed by atoms with Crippen molar-refractivity contribution >= 4 is 23.7 Å². The topological polar surface area (TPSA) is 119 Å². The molecule has 232 valence electrons. The Labute approximate surface area is 248 Å². The molecule has 4 rings (SSSR count). The van der Waals surface area contributed by atoms with E-state index in [1.165, 1.54) is 0 Å². The molecule has 3 aromatic rings. The molecule has 1 aliphatic heterocycles. The predicted octanol–water partition coefficient (Wildman–Crippen LogP) is 7.32. The molecule has 1 aliphatic rings. The van der Waals surface area contributed by atoms with Crippen molar-refractivity contribution in [2.75, 3.05) is 41.2 Å². The fourth-order valence-corrected chi connectivity index (χ4v) is 15.9. The maximum atomic E-state index is 6.64. The summed E-state index contributed by atoms with van der Waals surface area (Å²) >= 11 is 0. The minimum atomic E-state index is -3.85. The third-order valence-electron chi connectivity index (χ3n) is 5.74. The Morgan fingerprint density at radius 3 is 1.67 bits per heavy atom. The first-order valence-electron chi connectivity index (χ1n) is 13.5. The first-order valence-corrected chi connectivity index (χ1v) is 18.6. The van der Waals surface area contributed by atoms with Gasteiger partial charge in [-0.25, -0.2) is 0 Å². The Bertz CT molecular complexity index is 1390. The van der Waals surface area contributed by atoms with Crippen LogP contribution in [0.5, 0.6) is 34.5 Å². The maximum absolute atomic E-state index is 6.64. The summed E-state index contributed by atoms with van der Waals surface area (Å²) in [6.07, 6.45) is 0. The van der Waals surface area contributed by atoms with E-state index in [9.17, 15) is 0 Å². The van der Waals surface area contributed by atoms with Gasteiger partial charge in [-0.3, -0.25) is 0 Å². The summed E-state index contributed by atoms with van der Waals surface area (Å²) < 4.78 is 60.3. The molecule has 0 bridgehead atoms. The monoisotopic (exact) mass is 643 g/mol. The number of ether oxygens (including phenoxy) is 3. The fourth-order valence-electron chi connectivity index (χ4n) is 4.09. The molecule has 12 nitrogen and oxygen atoms in total. The van der Waals surface area contributed by atoms with Gasteiger partial charge >= 0.3 is 248 Å². The van der Waals surface area contributed by atoms with Crippen LogP contribution < -0.4 is 37.5 Å². The van der Waals surface area contributed by atoms with E-state index in [1.807, 2.05) is 63.2 Å². The molecular weight excluding hydrogens is 603 g/mol. The first kappa shape index (κ1) is 32.3. The van der Waals surface area contributed by atoms with Gasteiger partial charge in [0.15, 0.2) is 0 Å². The van der Waals surface area contributed by atoms with Crippen LogP contribution in [0.4, 0.5) is 0 Å². The van der Waals surface area contributed by atoms with E-state index in [4.69, 9.17) is 45.9 Å². The zero-order valence-corrected chi connectivity index (χ0v) is 27.5. The van der Waals surface area contributed by atoms with Gasteiger partial charge in [-0.15, -0.1) is 0 Å². The van der Waals surface area contributed by atoms with Crippen molar-refractivity contribution in [2.45, 2.75) is 20.8 Å². The summed E-state index contributed by atoms with van der Waals surface area (Å²) in [5.41, 5.74) is 0. The van der Waals surface area contributed by atoms with Crippen LogP contribution in [-0.4, -0.2) is 41.2 Å². The number of hydrogen-bond acceptors (Lipinski definition) is 12. The molecule has 0 spiro atoms. The van der Waals surface area contributed by atoms with E-state index in [2.05, 4.69) is 9.72 Å². The number of methoxy groups -OCH3 is 3. The fraction of sp³-hybridized carbons (Fsp3) is 0.333. The van der Waals surface area contributed by atoms with Crippen molar-refractivity contribution in [3.63, 3.8) is 0 Å². The second kappa shape index (κ2) is 14.7. The Balaban J connectivity index is 1.90. The molecule has 2 N–H and O–H groups in total. The van der Waals surface area contributed by atoms with Crippen molar-refractivity contribution in [1.29, 1.82) is 0 Å². The summed E-state index contributed by atoms with van der Waals surface area (Å²) in [5.74, 6) is 3.28. The molecule has 0 fully saturated rings. The molecule has 0 saturated carbocycles. The Morgan fingerprint density at radius 1 is 0.643 bits per heavy atom. The summed E-state index contributed by atoms with van der Waals surface area (Å²) in [7, 11) is -6.28. The molecule has 1 heterocycles. The van der Waals surface area contributed by atoms with Crippen LogP contribution in [-0.2, 0) is 13.6 Å². The molecule has 0 aromatic heterocycles. The normalized spacial score (nSPS) is 20.3. The number of benzene rings is 3. The van der Waals surface area contributed by atoms with Crippen LogP contribution in [0.2, 0.25) is 0 Å². The molecule has 0 saturated heterocycles. The average Bonchev–Trinajstić information content (AvgIpc) is 2.97. The molecule has 15 heteroatoms. The summed E-state index contributed by atoms with van der Waals surface area (Å²) in [5, 5.41) is 0. The number of nitrogens with zero attached hydrogens (tertiary/aromatic N) is 1. The van der Waals surface area contributed by atoms with Crippen LogP contribution in [0.3, 0.4) is 0 Å². The van der Waals surface area contributed by atoms with Crippen LogP contribution in [0.15, 0.2) is 77.3 Å². The first-order chi connectivity index (χ1) is 20.3. The number of hydrogen-bond donors (Lipinski definition) is 2. The van der Waals surface area contributed by atoms with Crippen LogP contribution in [0.25, 0.3) is 0 Å². The van der Waals surface area contributed by atoms with Gasteiger partial charge in [0.2, 0.25) is 0 Å². The number of rotatable bonds is 15. The van der Waals surface area contributed by atoms with E-state index < -0.39 is 23.7 Å². The van der Waals surface area contributed by atoms with E-state index in [-0.39, 0.29) is 19.8 Å². The second-order valence-electron chi connectivity index (χ2n) is 8.67. The zero-order chi connectivity index (χ0) is 30.1. The molecule has 42 heavy (non-hydrogen) atoms. The quantitative estimate of drug-likeness (QED) is 0.162. The van der Waals surface area contributed by atoms with Gasteiger partial charge in [0.05, 0.1) is 0 Å². The predicted molar refractivity (Wildman–Crippen MR) is 168 cm³/mol. The van der Waals surface area contributed by atoms with Gasteiger partial charge in [-0.1, -0.05) is 0 Å². The number of nitrogens with one attached hydrogen (secondary N) is 2. The van der Waals surface area contributed by atoms with Crippen molar-refractivity contribution in [2.24, 2.45) is 4.52 Å². The van der Waals surface area contributed by atoms with E-state index in [1.54, 1.807) is 51.7 Å². The van der Waals surface area contributed by atoms with Crippen molar-refractivity contribution in [3.8, 4) is 34.5 Å². The molecule has 0 radical (unpaired) electrons. The average molecular weight is 644 g/mol. The standard InChI is InChI=1S/C27H40N3O9P3/c1-7-34-40(37-25-16-10-13-22(19-25)31-4)28-41(35-8-2,38-26-17-11-14-23(20-26)32-5)30-42(29-40,36-9-3)39-27-18-12-15-24(21-27)33-6/h10-21,28-29,40-41H,7-9H2,1-6H3. The Hall–Kier alpha value is -2.65. The molecule has 1 unspecified atom stereocenters. The minimum absolute atomic E-state index is 0.264. The van der Waals surface area contributed by atoms with Crippen LogP contribution >= 0.6 is 23.7 Å². The Kier molecular flexibility index (Phi) is 11.3. The molecule has 0 aliphatic carbocycles. The van der Waals surface area contributed by atoms with Gasteiger partial charge in [-0.2, -0.15) is 0 Å². The molecular formula is C27H40N3O9P3. The van der Waals surface area contributed by atoms with E-state index >= 15 is 0 Å². The van der Waals surface area contributed by atoms with Crippen molar-refractivity contribution < 1.29 is 41.4 Å². The third kappa shape index (κ3) is 8.04. The third-order valence-corrected chi connectivity index (χ3v) is 16.2. The summed E-state index contributed by atoms with van der Waals surface area (Å²) in [6, 6.07) is 21.6. The Morgan fingerprint density at radius 2 is 1.14 bits per heavy atom. The van der Waals surface area contributed by atoms with Gasteiger partial charge in [-0.05, 0) is 0 Å². The van der Waals surface area contributed by atoms with Crippen LogP contribution in [0.1, 0.15) is 20.8 Å². The second-order valence-corrected chi connectivity index (χ2v) is 16.2. The molecule has 0 amide bonds. The van der Waals surface area contributed by atoms with Crippen molar-refractivity contribution in [1.82, 2.24) is 9.72 Å². The van der Waals surface area contributed by atoms with Gasteiger partial charge in [0, 0.05) is 0 Å². The molecule has 3 aromatic carbocycles. The van der Waals surface area contributed by atoms with Crippen LogP contribution in [0, 0.1) is 0 Å². The van der Waals surface area contributed by atoms with Crippen molar-refractivity contribution in [3.05, 3.63) is 72.8 Å². The molecule has 1 atom stereocenters. The van der Waals surface area contributed by atoms with Gasteiger partial charge < -0.3 is 0 Å². The van der Waals surface area contributed by atoms with E-state index in [0.29, 0.717) is 34.5 Å². The SMILES string of the molecule is CCOP1(Oc2cccc(OC)c2)=N[PH](OCC)(Oc2cccc(OC)c2)N[PH](OCC)(Oc2cccc(OC)c2)N1.